The average molecular weight is 357 g/mol. The van der Waals surface area contributed by atoms with Crippen LogP contribution in [0.2, 0.25) is 0 Å². The van der Waals surface area contributed by atoms with Gasteiger partial charge >= 0.3 is 0 Å². The van der Waals surface area contributed by atoms with Gasteiger partial charge in [0.25, 0.3) is 5.91 Å². The van der Waals surface area contributed by atoms with Gasteiger partial charge in [0, 0.05) is 32.7 Å². The van der Waals surface area contributed by atoms with E-state index in [-0.39, 0.29) is 12.0 Å². The van der Waals surface area contributed by atoms with Crippen molar-refractivity contribution in [1.29, 1.82) is 0 Å². The molecule has 0 atom stereocenters. The summed E-state index contributed by atoms with van der Waals surface area (Å²) in [6.07, 6.45) is 10.3. The zero-order valence-corrected chi connectivity index (χ0v) is 15.9. The lowest BCUT2D eigenvalue weighted by Gasteiger charge is -2.34. The highest BCUT2D eigenvalue weighted by molar-refractivity contribution is 5.97. The molecule has 3 aliphatic rings. The second kappa shape index (κ2) is 8.43. The summed E-state index contributed by atoms with van der Waals surface area (Å²) in [5.41, 5.74) is 0.739. The maximum Gasteiger partial charge on any atom is 0.257 e. The highest BCUT2D eigenvalue weighted by Crippen LogP contribution is 2.28. The van der Waals surface area contributed by atoms with Crippen molar-refractivity contribution in [3.8, 4) is 5.75 Å². The number of benzene rings is 1. The predicted molar refractivity (Wildman–Crippen MR) is 104 cm³/mol. The molecule has 2 heterocycles. The number of hydrogen-bond donors (Lipinski definition) is 0. The Bertz CT molecular complexity index is 598. The standard InChI is InChI=1S/C22H32N2O2/c25-22(24-13-5-6-14-24)20-9-3-4-10-21(20)26-19-11-15-23(16-12-19)17-18-7-1-2-8-18/h3-4,9-10,18-19H,1-2,5-8,11-17H2. The van der Waals surface area contributed by atoms with Crippen LogP contribution in [0.3, 0.4) is 0 Å². The lowest BCUT2D eigenvalue weighted by atomic mass is 10.0. The van der Waals surface area contributed by atoms with E-state index in [4.69, 9.17) is 4.74 Å². The highest BCUT2D eigenvalue weighted by Gasteiger charge is 2.26. The first kappa shape index (κ1) is 17.8. The molecule has 0 N–H and O–H groups in total. The van der Waals surface area contributed by atoms with Crippen LogP contribution in [0.15, 0.2) is 24.3 Å². The number of para-hydroxylation sites is 1. The van der Waals surface area contributed by atoms with E-state index >= 15 is 0 Å². The van der Waals surface area contributed by atoms with Crippen molar-refractivity contribution in [3.63, 3.8) is 0 Å². The van der Waals surface area contributed by atoms with E-state index < -0.39 is 0 Å². The number of likely N-dealkylation sites (tertiary alicyclic amines) is 2. The molecule has 3 fully saturated rings. The van der Waals surface area contributed by atoms with Gasteiger partial charge in [0.15, 0.2) is 0 Å². The van der Waals surface area contributed by atoms with E-state index in [0.29, 0.717) is 0 Å². The molecule has 1 aliphatic carbocycles. The van der Waals surface area contributed by atoms with Gasteiger partial charge in [-0.05, 0) is 56.6 Å². The number of carbonyl (C=O) groups is 1. The molecule has 1 saturated carbocycles. The van der Waals surface area contributed by atoms with Crippen molar-refractivity contribution in [2.75, 3.05) is 32.7 Å². The zero-order chi connectivity index (χ0) is 17.8. The van der Waals surface area contributed by atoms with E-state index in [1.54, 1.807) is 0 Å². The quantitative estimate of drug-likeness (QED) is 0.801. The Labute approximate surface area is 157 Å². The number of amides is 1. The number of piperidine rings is 1. The number of carbonyl (C=O) groups excluding carboxylic acids is 1. The molecule has 4 rings (SSSR count). The lowest BCUT2D eigenvalue weighted by Crippen LogP contribution is -2.40. The third kappa shape index (κ3) is 4.22. The SMILES string of the molecule is O=C(c1ccccc1OC1CCN(CC2CCCC2)CC1)N1CCCC1. The number of hydrogen-bond acceptors (Lipinski definition) is 3. The van der Waals surface area contributed by atoms with Crippen LogP contribution in [0.1, 0.15) is 61.7 Å². The van der Waals surface area contributed by atoms with Crippen LogP contribution in [-0.2, 0) is 0 Å². The Balaban J connectivity index is 1.32. The summed E-state index contributed by atoms with van der Waals surface area (Å²) < 4.78 is 6.31. The van der Waals surface area contributed by atoms with E-state index in [1.165, 1.54) is 32.2 Å². The van der Waals surface area contributed by atoms with Gasteiger partial charge in [-0.25, -0.2) is 0 Å². The first-order chi connectivity index (χ1) is 12.8. The Morgan fingerprint density at radius 2 is 1.62 bits per heavy atom. The summed E-state index contributed by atoms with van der Waals surface area (Å²) in [7, 11) is 0. The molecule has 2 aliphatic heterocycles. The van der Waals surface area contributed by atoms with Gasteiger partial charge in [-0.15, -0.1) is 0 Å². The Morgan fingerprint density at radius 1 is 0.923 bits per heavy atom. The maximum atomic E-state index is 12.8. The van der Waals surface area contributed by atoms with Crippen molar-refractivity contribution in [2.24, 2.45) is 5.92 Å². The molecule has 1 aromatic carbocycles. The third-order valence-corrected chi connectivity index (χ3v) is 6.33. The van der Waals surface area contributed by atoms with Crippen LogP contribution < -0.4 is 4.74 Å². The first-order valence-corrected chi connectivity index (χ1v) is 10.6. The summed E-state index contributed by atoms with van der Waals surface area (Å²) in [4.78, 5) is 17.4. The lowest BCUT2D eigenvalue weighted by molar-refractivity contribution is 0.0759. The maximum absolute atomic E-state index is 12.8. The van der Waals surface area contributed by atoms with Gasteiger partial charge in [-0.2, -0.15) is 0 Å². The molecule has 0 unspecified atom stereocenters. The summed E-state index contributed by atoms with van der Waals surface area (Å²) >= 11 is 0. The first-order valence-electron chi connectivity index (χ1n) is 10.6. The van der Waals surface area contributed by atoms with Gasteiger partial charge in [0.1, 0.15) is 11.9 Å². The summed E-state index contributed by atoms with van der Waals surface area (Å²) in [6, 6.07) is 7.81. The largest absolute Gasteiger partial charge is 0.489 e. The minimum atomic E-state index is 0.136. The molecule has 1 aromatic rings. The minimum Gasteiger partial charge on any atom is -0.489 e. The molecular formula is C22H32N2O2. The third-order valence-electron chi connectivity index (χ3n) is 6.33. The smallest absolute Gasteiger partial charge is 0.257 e. The normalized spacial score (nSPS) is 22.8. The fourth-order valence-electron chi connectivity index (χ4n) is 4.78. The molecular weight excluding hydrogens is 324 g/mol. The molecule has 2 saturated heterocycles. The van der Waals surface area contributed by atoms with Gasteiger partial charge < -0.3 is 14.5 Å². The van der Waals surface area contributed by atoms with Crippen molar-refractivity contribution in [3.05, 3.63) is 29.8 Å². The van der Waals surface area contributed by atoms with Gasteiger partial charge in [0.2, 0.25) is 0 Å². The molecule has 4 nitrogen and oxygen atoms in total. The average Bonchev–Trinajstić information content (AvgIpc) is 3.37. The molecule has 0 aromatic heterocycles. The topological polar surface area (TPSA) is 32.8 Å². The van der Waals surface area contributed by atoms with Crippen LogP contribution in [0.5, 0.6) is 5.75 Å². The molecule has 4 heteroatoms. The van der Waals surface area contributed by atoms with Crippen LogP contribution in [0.25, 0.3) is 0 Å². The molecule has 142 valence electrons. The van der Waals surface area contributed by atoms with Crippen molar-refractivity contribution in [2.45, 2.75) is 57.5 Å². The Hall–Kier alpha value is -1.55. The van der Waals surface area contributed by atoms with E-state index in [9.17, 15) is 4.79 Å². The van der Waals surface area contributed by atoms with E-state index in [2.05, 4.69) is 4.90 Å². The Kier molecular flexibility index (Phi) is 5.78. The predicted octanol–water partition coefficient (Wildman–Crippen LogP) is 3.96. The van der Waals surface area contributed by atoms with Crippen LogP contribution in [-0.4, -0.2) is 54.5 Å². The van der Waals surface area contributed by atoms with Crippen LogP contribution >= 0.6 is 0 Å². The second-order valence-electron chi connectivity index (χ2n) is 8.26. The fraction of sp³-hybridized carbons (Fsp3) is 0.682. The van der Waals surface area contributed by atoms with Gasteiger partial charge in [-0.3, -0.25) is 4.79 Å². The molecule has 1 amide bonds. The Morgan fingerprint density at radius 3 is 2.35 bits per heavy atom. The number of ether oxygens (including phenoxy) is 1. The van der Waals surface area contributed by atoms with Crippen molar-refractivity contribution >= 4 is 5.91 Å². The number of rotatable bonds is 5. The summed E-state index contributed by atoms with van der Waals surface area (Å²) in [6.45, 7) is 5.29. The molecule has 26 heavy (non-hydrogen) atoms. The number of nitrogens with zero attached hydrogens (tertiary/aromatic N) is 2. The van der Waals surface area contributed by atoms with Crippen molar-refractivity contribution in [1.82, 2.24) is 9.80 Å². The van der Waals surface area contributed by atoms with E-state index in [1.807, 2.05) is 29.2 Å². The summed E-state index contributed by atoms with van der Waals surface area (Å²) in [5, 5.41) is 0. The van der Waals surface area contributed by atoms with Crippen LogP contribution in [0, 0.1) is 5.92 Å². The second-order valence-corrected chi connectivity index (χ2v) is 8.26. The van der Waals surface area contributed by atoms with Crippen molar-refractivity contribution < 1.29 is 9.53 Å². The minimum absolute atomic E-state index is 0.136. The fourth-order valence-corrected chi connectivity index (χ4v) is 4.78. The van der Waals surface area contributed by atoms with Crippen LogP contribution in [0.4, 0.5) is 0 Å². The highest BCUT2D eigenvalue weighted by atomic mass is 16.5. The molecule has 0 radical (unpaired) electrons. The van der Waals surface area contributed by atoms with Gasteiger partial charge in [0.05, 0.1) is 5.56 Å². The van der Waals surface area contributed by atoms with Gasteiger partial charge in [-0.1, -0.05) is 25.0 Å². The zero-order valence-electron chi connectivity index (χ0n) is 15.9. The summed E-state index contributed by atoms with van der Waals surface area (Å²) in [5.74, 6) is 1.83. The molecule has 0 bridgehead atoms. The molecule has 0 spiro atoms. The monoisotopic (exact) mass is 356 g/mol. The van der Waals surface area contributed by atoms with E-state index in [0.717, 1.165) is 69.1 Å².